The molecule has 4 N–H and O–H groups in total. The van der Waals surface area contributed by atoms with E-state index in [1.807, 2.05) is 25.1 Å². The third kappa shape index (κ3) is 6.74. The Labute approximate surface area is 201 Å². The number of nitrogens with zero attached hydrogens (tertiary/aromatic N) is 1. The molecule has 1 aromatic heterocycles. The van der Waals surface area contributed by atoms with Crippen molar-refractivity contribution in [2.75, 3.05) is 5.32 Å². The summed E-state index contributed by atoms with van der Waals surface area (Å²) in [7, 11) is 0. The number of fused-ring (bicyclic) bond motifs is 1. The molecule has 7 heteroatoms. The molecular weight excluding hydrogens is 431 g/mol. The fraction of sp³-hybridized carbons (Fsp3) is 0.407. The second-order valence-electron chi connectivity index (χ2n) is 8.76. The van der Waals surface area contributed by atoms with Crippen molar-refractivity contribution in [1.29, 1.82) is 0 Å². The van der Waals surface area contributed by atoms with E-state index in [9.17, 15) is 9.18 Å². The number of nitrogens with one attached hydrogen (secondary N) is 3. The van der Waals surface area contributed by atoms with E-state index >= 15 is 0 Å². The lowest BCUT2D eigenvalue weighted by Gasteiger charge is -2.25. The maximum absolute atomic E-state index is 14.5. The van der Waals surface area contributed by atoms with Gasteiger partial charge in [0.05, 0.1) is 18.3 Å². The van der Waals surface area contributed by atoms with E-state index in [-0.39, 0.29) is 18.1 Å². The fourth-order valence-corrected chi connectivity index (χ4v) is 4.11. The van der Waals surface area contributed by atoms with Crippen LogP contribution in [-0.4, -0.2) is 33.4 Å². The highest BCUT2D eigenvalue weighted by Crippen LogP contribution is 2.28. The van der Waals surface area contributed by atoms with Gasteiger partial charge in [0.15, 0.2) is 0 Å². The third-order valence-electron chi connectivity index (χ3n) is 6.02. The van der Waals surface area contributed by atoms with E-state index in [2.05, 4.69) is 40.7 Å². The summed E-state index contributed by atoms with van der Waals surface area (Å²) in [6.07, 6.45) is 7.92. The zero-order chi connectivity index (χ0) is 24.5. The van der Waals surface area contributed by atoms with E-state index in [0.717, 1.165) is 31.2 Å². The van der Waals surface area contributed by atoms with Gasteiger partial charge in [-0.25, -0.2) is 4.39 Å². The lowest BCUT2D eigenvalue weighted by Crippen LogP contribution is -2.44. The zero-order valence-electron chi connectivity index (χ0n) is 20.2. The van der Waals surface area contributed by atoms with E-state index in [0.29, 0.717) is 29.8 Å². The molecule has 0 saturated carbocycles. The summed E-state index contributed by atoms with van der Waals surface area (Å²) in [4.78, 5) is 12.6. The Balaban J connectivity index is 0.000000350. The largest absolute Gasteiger partial charge is 0.393 e. The number of aryl methyl sites for hydroxylation is 1. The average molecular weight is 467 g/mol. The topological polar surface area (TPSA) is 90.0 Å². The first-order valence-electron chi connectivity index (χ1n) is 12.0. The normalized spacial score (nSPS) is 14.8. The number of aromatic amines is 1. The van der Waals surface area contributed by atoms with Gasteiger partial charge in [0, 0.05) is 29.6 Å². The molecule has 1 aliphatic rings. The monoisotopic (exact) mass is 466 g/mol. The smallest absolute Gasteiger partial charge is 0.241 e. The minimum absolute atomic E-state index is 0.0370. The molecule has 0 aliphatic carbocycles. The van der Waals surface area contributed by atoms with E-state index in [4.69, 9.17) is 5.11 Å². The maximum atomic E-state index is 14.5. The van der Waals surface area contributed by atoms with Gasteiger partial charge in [-0.3, -0.25) is 9.89 Å². The maximum Gasteiger partial charge on any atom is 0.241 e. The minimum Gasteiger partial charge on any atom is -0.393 e. The van der Waals surface area contributed by atoms with Crippen LogP contribution < -0.4 is 10.6 Å². The summed E-state index contributed by atoms with van der Waals surface area (Å²) in [6.45, 7) is 6.70. The van der Waals surface area contributed by atoms with E-state index < -0.39 is 5.82 Å². The van der Waals surface area contributed by atoms with Crippen molar-refractivity contribution in [3.8, 4) is 11.1 Å². The lowest BCUT2D eigenvalue weighted by molar-refractivity contribution is -0.118. The highest BCUT2D eigenvalue weighted by atomic mass is 19.1. The average Bonchev–Trinajstić information content (AvgIpc) is 3.36. The number of aliphatic hydroxyl groups is 1. The zero-order valence-corrected chi connectivity index (χ0v) is 20.2. The molecule has 3 aromatic rings. The van der Waals surface area contributed by atoms with Crippen molar-refractivity contribution in [2.45, 2.75) is 71.6 Å². The van der Waals surface area contributed by atoms with E-state index in [1.54, 1.807) is 18.5 Å². The number of H-pyrrole nitrogens is 1. The number of halogens is 1. The van der Waals surface area contributed by atoms with Crippen LogP contribution in [0.5, 0.6) is 0 Å². The number of carbonyl (C=O) groups excluding carboxylic acids is 1. The number of amides is 1. The summed E-state index contributed by atoms with van der Waals surface area (Å²) in [5.74, 6) is -0.549. The van der Waals surface area contributed by atoms with Gasteiger partial charge in [-0.1, -0.05) is 51.0 Å². The molecule has 4 rings (SSSR count). The van der Waals surface area contributed by atoms with Crippen molar-refractivity contribution < 1.29 is 14.3 Å². The Hall–Kier alpha value is -3.03. The second kappa shape index (κ2) is 12.4. The second-order valence-corrected chi connectivity index (χ2v) is 8.76. The molecule has 1 aliphatic heterocycles. The quantitative estimate of drug-likeness (QED) is 0.389. The van der Waals surface area contributed by atoms with Crippen molar-refractivity contribution >= 4 is 11.6 Å². The van der Waals surface area contributed by atoms with Crippen molar-refractivity contribution in [3.63, 3.8) is 0 Å². The predicted octanol–water partition coefficient (Wildman–Crippen LogP) is 5.12. The summed E-state index contributed by atoms with van der Waals surface area (Å²) in [6, 6.07) is 10.8. The molecule has 2 aromatic carbocycles. The molecule has 6 nitrogen and oxygen atoms in total. The van der Waals surface area contributed by atoms with Crippen molar-refractivity contribution in [1.82, 2.24) is 15.5 Å². The van der Waals surface area contributed by atoms with Gasteiger partial charge in [-0.05, 0) is 55.0 Å². The van der Waals surface area contributed by atoms with Crippen LogP contribution in [0.4, 0.5) is 10.1 Å². The Kier molecular flexibility index (Phi) is 9.36. The summed E-state index contributed by atoms with van der Waals surface area (Å²) < 4.78 is 14.5. The van der Waals surface area contributed by atoms with Gasteiger partial charge < -0.3 is 15.7 Å². The van der Waals surface area contributed by atoms with Crippen LogP contribution in [0.15, 0.2) is 48.8 Å². The predicted molar refractivity (Wildman–Crippen MR) is 134 cm³/mol. The summed E-state index contributed by atoms with van der Waals surface area (Å²) in [5, 5.41) is 21.7. The van der Waals surface area contributed by atoms with Crippen LogP contribution >= 0.6 is 0 Å². The highest BCUT2D eigenvalue weighted by Gasteiger charge is 2.24. The number of aromatic nitrogens is 2. The number of benzene rings is 2. The van der Waals surface area contributed by atoms with E-state index in [1.165, 1.54) is 17.2 Å². The SMILES string of the molecule is CCCC(O)CCC.Cc1cc(-c2cn[nH]c2)c(F)cc1NC(=O)C1Cc2ccccc2CN1. The molecule has 1 amide bonds. The van der Waals surface area contributed by atoms with Gasteiger partial charge in [0.1, 0.15) is 5.82 Å². The van der Waals surface area contributed by atoms with Crippen LogP contribution in [0, 0.1) is 12.7 Å². The van der Waals surface area contributed by atoms with Gasteiger partial charge in [-0.15, -0.1) is 0 Å². The molecule has 0 radical (unpaired) electrons. The molecule has 0 bridgehead atoms. The van der Waals surface area contributed by atoms with Gasteiger partial charge in [0.2, 0.25) is 5.91 Å². The Morgan fingerprint density at radius 3 is 2.56 bits per heavy atom. The molecule has 0 spiro atoms. The molecule has 2 heterocycles. The van der Waals surface area contributed by atoms with Gasteiger partial charge >= 0.3 is 0 Å². The van der Waals surface area contributed by atoms with Crippen LogP contribution in [0.25, 0.3) is 11.1 Å². The van der Waals surface area contributed by atoms with Crippen LogP contribution in [0.1, 0.15) is 56.2 Å². The lowest BCUT2D eigenvalue weighted by atomic mass is 9.95. The molecule has 1 unspecified atom stereocenters. The summed E-state index contributed by atoms with van der Waals surface area (Å²) in [5.41, 5.74) is 4.80. The number of aliphatic hydroxyl groups excluding tert-OH is 1. The van der Waals surface area contributed by atoms with Crippen molar-refractivity contribution in [2.24, 2.45) is 0 Å². The first-order valence-corrected chi connectivity index (χ1v) is 12.0. The van der Waals surface area contributed by atoms with Crippen LogP contribution in [0.2, 0.25) is 0 Å². The number of anilines is 1. The number of carbonyl (C=O) groups is 1. The Morgan fingerprint density at radius 2 is 1.91 bits per heavy atom. The fourth-order valence-electron chi connectivity index (χ4n) is 4.11. The standard InChI is InChI=1S/C20H19FN4O.C7H16O/c1-12-6-16(15-10-23-24-11-15)17(21)8-18(12)25-20(26)19-7-13-4-2-3-5-14(13)9-22-19;1-3-5-7(8)6-4-2/h2-6,8,10-11,19,22H,7,9H2,1H3,(H,23,24)(H,25,26);7-8H,3-6H2,1-2H3. The molecule has 1 atom stereocenters. The number of hydrogen-bond donors (Lipinski definition) is 4. The van der Waals surface area contributed by atoms with Crippen molar-refractivity contribution in [3.05, 3.63) is 71.3 Å². The Morgan fingerprint density at radius 1 is 1.21 bits per heavy atom. The first kappa shape index (κ1) is 25.6. The highest BCUT2D eigenvalue weighted by molar-refractivity contribution is 5.96. The molecule has 0 fully saturated rings. The first-order chi connectivity index (χ1) is 16.4. The molecular formula is C27H35FN4O2. The van der Waals surface area contributed by atoms with Gasteiger partial charge in [-0.2, -0.15) is 5.10 Å². The third-order valence-corrected chi connectivity index (χ3v) is 6.02. The molecule has 182 valence electrons. The summed E-state index contributed by atoms with van der Waals surface area (Å²) >= 11 is 0. The number of rotatable bonds is 7. The van der Waals surface area contributed by atoms with Gasteiger partial charge in [0.25, 0.3) is 0 Å². The minimum atomic E-state index is -0.394. The van der Waals surface area contributed by atoms with Crippen LogP contribution in [-0.2, 0) is 17.8 Å². The Bertz CT molecular complexity index is 1060. The van der Waals surface area contributed by atoms with Crippen LogP contribution in [0.3, 0.4) is 0 Å². The molecule has 34 heavy (non-hydrogen) atoms. The molecule has 0 saturated heterocycles. The number of hydrogen-bond acceptors (Lipinski definition) is 4.